The summed E-state index contributed by atoms with van der Waals surface area (Å²) < 4.78 is 8.23. The predicted octanol–water partition coefficient (Wildman–Crippen LogP) is 5.36. The predicted molar refractivity (Wildman–Crippen MR) is 147 cm³/mol. The Labute approximate surface area is 222 Å². The minimum Gasteiger partial charge on any atom is -0.495 e. The van der Waals surface area contributed by atoms with E-state index in [9.17, 15) is 4.79 Å². The van der Waals surface area contributed by atoms with Gasteiger partial charge in [-0.15, -0.1) is 20.4 Å². The number of rotatable bonds is 12. The van der Waals surface area contributed by atoms with Gasteiger partial charge in [-0.1, -0.05) is 79.0 Å². The summed E-state index contributed by atoms with van der Waals surface area (Å²) in [6, 6.07) is 17.5. The van der Waals surface area contributed by atoms with E-state index in [1.807, 2.05) is 59.2 Å². The van der Waals surface area contributed by atoms with Crippen molar-refractivity contribution in [1.29, 1.82) is 0 Å². The first-order chi connectivity index (χ1) is 17.6. The highest BCUT2D eigenvalue weighted by atomic mass is 32.2. The normalized spacial score (nSPS) is 11.8. The van der Waals surface area contributed by atoms with Gasteiger partial charge in [0.2, 0.25) is 11.0 Å². The summed E-state index contributed by atoms with van der Waals surface area (Å²) >= 11 is 4.36. The smallest absolute Gasteiger partial charge is 0.236 e. The van der Waals surface area contributed by atoms with E-state index in [1.54, 1.807) is 18.9 Å². The number of para-hydroxylation sites is 3. The molecule has 12 heteroatoms. The van der Waals surface area contributed by atoms with E-state index < -0.39 is 0 Å². The topological polar surface area (TPSA) is 107 Å². The summed E-state index contributed by atoms with van der Waals surface area (Å²) in [5, 5.41) is 24.8. The van der Waals surface area contributed by atoms with Crippen molar-refractivity contribution >= 4 is 51.6 Å². The van der Waals surface area contributed by atoms with Crippen molar-refractivity contribution in [3.8, 4) is 11.4 Å². The largest absolute Gasteiger partial charge is 0.495 e. The van der Waals surface area contributed by atoms with Crippen LogP contribution in [-0.4, -0.2) is 49.0 Å². The molecule has 2 aromatic heterocycles. The molecule has 0 aliphatic heterocycles. The molecule has 0 saturated carbocycles. The maximum atomic E-state index is 12.6. The van der Waals surface area contributed by atoms with E-state index in [4.69, 9.17) is 4.74 Å². The summed E-state index contributed by atoms with van der Waals surface area (Å²) in [5.41, 5.74) is 1.78. The van der Waals surface area contributed by atoms with Gasteiger partial charge in [0.05, 0.1) is 25.1 Å². The van der Waals surface area contributed by atoms with Crippen LogP contribution in [0.15, 0.2) is 64.1 Å². The van der Waals surface area contributed by atoms with Crippen LogP contribution in [0.1, 0.15) is 26.1 Å². The van der Waals surface area contributed by atoms with Gasteiger partial charge >= 0.3 is 0 Å². The zero-order valence-corrected chi connectivity index (χ0v) is 22.6. The Bertz CT molecular complexity index is 1280. The SMILES string of the molecule is CCC(C)Sc1nnc(NC(=O)CSc2nnc(CNc3ccccc3OC)n2-c2ccccc2)s1. The van der Waals surface area contributed by atoms with Crippen molar-refractivity contribution < 1.29 is 9.53 Å². The highest BCUT2D eigenvalue weighted by Gasteiger charge is 2.17. The van der Waals surface area contributed by atoms with Crippen molar-refractivity contribution in [2.45, 2.75) is 41.6 Å². The molecule has 2 aromatic carbocycles. The molecule has 9 nitrogen and oxygen atoms in total. The monoisotopic (exact) mass is 541 g/mol. The maximum Gasteiger partial charge on any atom is 0.236 e. The fraction of sp³-hybridized carbons (Fsp3) is 0.292. The number of carbonyl (C=O) groups is 1. The molecule has 0 spiro atoms. The minimum absolute atomic E-state index is 0.165. The minimum atomic E-state index is -0.174. The van der Waals surface area contributed by atoms with Crippen LogP contribution in [0.5, 0.6) is 5.75 Å². The number of thioether (sulfide) groups is 2. The van der Waals surface area contributed by atoms with Crippen molar-refractivity contribution in [1.82, 2.24) is 25.0 Å². The summed E-state index contributed by atoms with van der Waals surface area (Å²) in [4.78, 5) is 12.6. The molecule has 0 saturated heterocycles. The highest BCUT2D eigenvalue weighted by Crippen LogP contribution is 2.30. The van der Waals surface area contributed by atoms with Crippen molar-refractivity contribution in [3.05, 3.63) is 60.4 Å². The fourth-order valence-electron chi connectivity index (χ4n) is 3.16. The molecule has 188 valence electrons. The lowest BCUT2D eigenvalue weighted by molar-refractivity contribution is -0.113. The molecular weight excluding hydrogens is 515 g/mol. The van der Waals surface area contributed by atoms with Crippen LogP contribution < -0.4 is 15.4 Å². The lowest BCUT2D eigenvalue weighted by Crippen LogP contribution is -2.14. The van der Waals surface area contributed by atoms with E-state index in [0.29, 0.717) is 27.9 Å². The molecule has 0 aliphatic carbocycles. The molecular formula is C24H27N7O2S3. The Morgan fingerprint density at radius 3 is 2.64 bits per heavy atom. The van der Waals surface area contributed by atoms with Gasteiger partial charge in [0.1, 0.15) is 5.75 Å². The number of methoxy groups -OCH3 is 1. The molecule has 2 heterocycles. The fourth-order valence-corrected chi connectivity index (χ4v) is 5.94. The first kappa shape index (κ1) is 26.0. The van der Waals surface area contributed by atoms with E-state index in [1.165, 1.54) is 23.1 Å². The van der Waals surface area contributed by atoms with Gasteiger partial charge in [-0.25, -0.2) is 0 Å². The number of hydrogen-bond donors (Lipinski definition) is 2. The number of benzene rings is 2. The summed E-state index contributed by atoms with van der Waals surface area (Å²) in [5.74, 6) is 1.45. The number of anilines is 2. The quantitative estimate of drug-likeness (QED) is 0.181. The van der Waals surface area contributed by atoms with Crippen molar-refractivity contribution in [3.63, 3.8) is 0 Å². The van der Waals surface area contributed by atoms with E-state index in [-0.39, 0.29) is 11.7 Å². The van der Waals surface area contributed by atoms with Crippen molar-refractivity contribution in [2.75, 3.05) is 23.5 Å². The second kappa shape index (κ2) is 12.7. The van der Waals surface area contributed by atoms with Gasteiger partial charge in [-0.3, -0.25) is 14.7 Å². The average molecular weight is 542 g/mol. The van der Waals surface area contributed by atoms with Crippen LogP contribution in [0.2, 0.25) is 0 Å². The van der Waals surface area contributed by atoms with Gasteiger partial charge in [0.25, 0.3) is 0 Å². The maximum absolute atomic E-state index is 12.6. The second-order valence-corrected chi connectivity index (χ2v) is 11.3. The number of aromatic nitrogens is 5. The number of amides is 1. The van der Waals surface area contributed by atoms with E-state index in [2.05, 4.69) is 44.9 Å². The van der Waals surface area contributed by atoms with E-state index >= 15 is 0 Å². The number of hydrogen-bond acceptors (Lipinski definition) is 10. The lowest BCUT2D eigenvalue weighted by atomic mass is 10.3. The Morgan fingerprint density at radius 2 is 1.86 bits per heavy atom. The molecule has 4 aromatic rings. The summed E-state index contributed by atoms with van der Waals surface area (Å²) in [6.45, 7) is 4.70. The molecule has 4 rings (SSSR count). The first-order valence-corrected chi connectivity index (χ1v) is 14.0. The number of ether oxygens (including phenoxy) is 1. The second-order valence-electron chi connectivity index (χ2n) is 7.67. The third-order valence-electron chi connectivity index (χ3n) is 5.12. The average Bonchev–Trinajstić information content (AvgIpc) is 3.53. The molecule has 1 amide bonds. The zero-order valence-electron chi connectivity index (χ0n) is 20.2. The number of nitrogens with zero attached hydrogens (tertiary/aromatic N) is 5. The van der Waals surface area contributed by atoms with Crippen LogP contribution in [0.3, 0.4) is 0 Å². The molecule has 0 fully saturated rings. The lowest BCUT2D eigenvalue weighted by Gasteiger charge is -2.13. The Balaban J connectivity index is 1.44. The van der Waals surface area contributed by atoms with Crippen LogP contribution in [0.25, 0.3) is 5.69 Å². The Kier molecular flexibility index (Phi) is 9.20. The van der Waals surface area contributed by atoms with Gasteiger partial charge in [-0.2, -0.15) is 0 Å². The number of nitrogens with one attached hydrogen (secondary N) is 2. The molecule has 0 radical (unpaired) electrons. The zero-order chi connectivity index (χ0) is 25.3. The molecule has 2 N–H and O–H groups in total. The third-order valence-corrected chi connectivity index (χ3v) is 8.24. The van der Waals surface area contributed by atoms with Crippen LogP contribution >= 0.6 is 34.9 Å². The Hall–Kier alpha value is -3.09. The Morgan fingerprint density at radius 1 is 1.08 bits per heavy atom. The molecule has 1 unspecified atom stereocenters. The van der Waals surface area contributed by atoms with Gasteiger partial charge in [-0.05, 0) is 30.7 Å². The van der Waals surface area contributed by atoms with Gasteiger partial charge in [0, 0.05) is 10.9 Å². The highest BCUT2D eigenvalue weighted by molar-refractivity contribution is 8.01. The van der Waals surface area contributed by atoms with Crippen molar-refractivity contribution in [2.24, 2.45) is 0 Å². The first-order valence-electron chi connectivity index (χ1n) is 11.4. The van der Waals surface area contributed by atoms with Crippen LogP contribution in [0.4, 0.5) is 10.8 Å². The van der Waals surface area contributed by atoms with Gasteiger partial charge < -0.3 is 10.1 Å². The van der Waals surface area contributed by atoms with Gasteiger partial charge in [0.15, 0.2) is 15.3 Å². The molecule has 0 bridgehead atoms. The molecule has 0 aliphatic rings. The molecule has 36 heavy (non-hydrogen) atoms. The standard InChI is InChI=1S/C24H27N7O2S3/c1-4-16(2)35-24-30-28-22(36-24)26-21(32)15-34-23-29-27-20(31(23)17-10-6-5-7-11-17)14-25-18-12-8-9-13-19(18)33-3/h5-13,16,25H,4,14-15H2,1-3H3,(H,26,28,32). The van der Waals surface area contributed by atoms with Crippen LogP contribution in [0, 0.1) is 0 Å². The van der Waals surface area contributed by atoms with Crippen LogP contribution in [-0.2, 0) is 11.3 Å². The third kappa shape index (κ3) is 6.77. The number of carbonyl (C=O) groups excluding carboxylic acids is 1. The van der Waals surface area contributed by atoms with E-state index in [0.717, 1.165) is 27.9 Å². The summed E-state index contributed by atoms with van der Waals surface area (Å²) in [6.07, 6.45) is 1.04. The summed E-state index contributed by atoms with van der Waals surface area (Å²) in [7, 11) is 1.64. The molecule has 1 atom stereocenters.